The van der Waals surface area contributed by atoms with E-state index in [1.807, 2.05) is 27.8 Å². The summed E-state index contributed by atoms with van der Waals surface area (Å²) < 4.78 is 2.93. The van der Waals surface area contributed by atoms with E-state index < -0.39 is 5.91 Å². The van der Waals surface area contributed by atoms with Crippen LogP contribution in [0, 0.1) is 0 Å². The number of amides is 2. The predicted octanol–water partition coefficient (Wildman–Crippen LogP) is -1.69. The highest BCUT2D eigenvalue weighted by Gasteiger charge is 2.37. The Balaban J connectivity index is 2.34. The van der Waals surface area contributed by atoms with Crippen molar-refractivity contribution in [1.82, 2.24) is 18.6 Å². The Kier molecular flexibility index (Phi) is 3.59. The lowest BCUT2D eigenvalue weighted by atomic mass is 10.3. The van der Waals surface area contributed by atoms with Gasteiger partial charge in [-0.3, -0.25) is 24.4 Å². The van der Waals surface area contributed by atoms with Crippen molar-refractivity contribution in [2.24, 2.45) is 10.7 Å². The lowest BCUT2D eigenvalue weighted by molar-refractivity contribution is -0.124. The second kappa shape index (κ2) is 5.00. The maximum Gasteiger partial charge on any atom is 0.280 e. The Bertz CT molecular complexity index is 460. The number of likely N-dealkylation sites (N-methyl/N-ethyl adjacent to an activating group) is 1. The topological polar surface area (TPSA) is 103 Å². The molecule has 2 aliphatic heterocycles. The smallest absolute Gasteiger partial charge is 0.280 e. The molecular formula is C9H13IN6O2. The summed E-state index contributed by atoms with van der Waals surface area (Å²) in [6.45, 7) is 1.25. The molecule has 0 unspecified atom stereocenters. The first kappa shape index (κ1) is 12.9. The molecule has 2 amide bonds. The fourth-order valence-corrected chi connectivity index (χ4v) is 2.42. The second-order valence-electron chi connectivity index (χ2n) is 3.84. The number of guanidine groups is 1. The van der Waals surface area contributed by atoms with Crippen LogP contribution in [0.25, 0.3) is 0 Å². The van der Waals surface area contributed by atoms with Gasteiger partial charge in [0.15, 0.2) is 0 Å². The predicted molar refractivity (Wildman–Crippen MR) is 73.2 cm³/mol. The van der Waals surface area contributed by atoms with Crippen LogP contribution < -0.4 is 14.6 Å². The highest BCUT2D eigenvalue weighted by atomic mass is 127. The number of rotatable bonds is 4. The Morgan fingerprint density at radius 2 is 2.33 bits per heavy atom. The van der Waals surface area contributed by atoms with Crippen LogP contribution in [0.5, 0.6) is 0 Å². The van der Waals surface area contributed by atoms with Gasteiger partial charge in [-0.25, -0.2) is 0 Å². The van der Waals surface area contributed by atoms with Crippen LogP contribution in [-0.2, 0) is 9.59 Å². The molecule has 98 valence electrons. The summed E-state index contributed by atoms with van der Waals surface area (Å²) in [5.41, 5.74) is 5.40. The van der Waals surface area contributed by atoms with Gasteiger partial charge in [0.2, 0.25) is 11.9 Å². The number of carbonyl (C=O) groups is 2. The first-order chi connectivity index (χ1) is 8.56. The minimum Gasteiger partial charge on any atom is -0.369 e. The van der Waals surface area contributed by atoms with Crippen molar-refractivity contribution in [2.45, 2.75) is 0 Å². The lowest BCUT2D eigenvalue weighted by Gasteiger charge is -2.34. The van der Waals surface area contributed by atoms with Crippen LogP contribution in [0.2, 0.25) is 0 Å². The molecule has 0 radical (unpaired) electrons. The number of nitrogens with one attached hydrogen (secondary N) is 2. The molecule has 0 aliphatic carbocycles. The van der Waals surface area contributed by atoms with Gasteiger partial charge in [0.1, 0.15) is 11.5 Å². The van der Waals surface area contributed by atoms with E-state index in [-0.39, 0.29) is 12.5 Å². The number of carbonyl (C=O) groups excluding carboxylic acids is 2. The van der Waals surface area contributed by atoms with Gasteiger partial charge in [-0.05, 0) is 0 Å². The summed E-state index contributed by atoms with van der Waals surface area (Å²) >= 11 is 1.94. The van der Waals surface area contributed by atoms with E-state index in [0.717, 1.165) is 0 Å². The van der Waals surface area contributed by atoms with Gasteiger partial charge in [0.05, 0.1) is 36.0 Å². The van der Waals surface area contributed by atoms with Crippen LogP contribution in [0.4, 0.5) is 0 Å². The zero-order valence-corrected chi connectivity index (χ0v) is 11.9. The summed E-state index contributed by atoms with van der Waals surface area (Å²) in [6.07, 6.45) is 0. The summed E-state index contributed by atoms with van der Waals surface area (Å²) in [7, 11) is 1.65. The highest BCUT2D eigenvalue weighted by molar-refractivity contribution is 14.1. The van der Waals surface area contributed by atoms with Gasteiger partial charge in [0, 0.05) is 13.6 Å². The van der Waals surface area contributed by atoms with E-state index in [1.165, 1.54) is 4.90 Å². The molecule has 2 aliphatic rings. The fourth-order valence-electron chi connectivity index (χ4n) is 1.86. The first-order valence-corrected chi connectivity index (χ1v) is 6.37. The molecule has 0 fully saturated rings. The Hall–Kier alpha value is -1.52. The Labute approximate surface area is 118 Å². The van der Waals surface area contributed by atoms with Crippen molar-refractivity contribution in [1.29, 1.82) is 0 Å². The number of primary amides is 1. The third-order valence-electron chi connectivity index (χ3n) is 2.67. The molecule has 2 rings (SSSR count). The van der Waals surface area contributed by atoms with Gasteiger partial charge < -0.3 is 14.6 Å². The maximum atomic E-state index is 12.2. The summed E-state index contributed by atoms with van der Waals surface area (Å²) in [5.74, 6) is 0.457. The van der Waals surface area contributed by atoms with E-state index in [4.69, 9.17) is 5.73 Å². The van der Waals surface area contributed by atoms with E-state index >= 15 is 0 Å². The standard InChI is InChI=1S/C9H13IN6O2/c1-15-8(18)6(13-4-5(11)17)7(14-10)16-3-2-12-9(15)16/h13-14H,2-4H2,1H3,(H2,11,17). The molecule has 0 aromatic carbocycles. The number of aliphatic imine (C=N–C) groups is 1. The zero-order valence-electron chi connectivity index (χ0n) is 9.73. The van der Waals surface area contributed by atoms with Crippen molar-refractivity contribution in [3.8, 4) is 0 Å². The van der Waals surface area contributed by atoms with Gasteiger partial charge in [-0.1, -0.05) is 0 Å². The molecule has 0 aromatic rings. The molecule has 0 bridgehead atoms. The van der Waals surface area contributed by atoms with Crippen molar-refractivity contribution in [3.05, 3.63) is 11.5 Å². The van der Waals surface area contributed by atoms with Crippen molar-refractivity contribution < 1.29 is 9.59 Å². The first-order valence-electron chi connectivity index (χ1n) is 5.29. The fraction of sp³-hybridized carbons (Fsp3) is 0.444. The highest BCUT2D eigenvalue weighted by Crippen LogP contribution is 2.21. The van der Waals surface area contributed by atoms with Gasteiger partial charge >= 0.3 is 0 Å². The summed E-state index contributed by atoms with van der Waals surface area (Å²) in [5, 5.41) is 2.76. The number of hydrogen-bond donors (Lipinski definition) is 3. The van der Waals surface area contributed by atoms with Crippen LogP contribution in [0.3, 0.4) is 0 Å². The molecular weight excluding hydrogens is 351 g/mol. The molecule has 2 heterocycles. The average molecular weight is 364 g/mol. The molecule has 18 heavy (non-hydrogen) atoms. The number of nitrogens with two attached hydrogens (primary N) is 1. The van der Waals surface area contributed by atoms with Crippen molar-refractivity contribution >= 4 is 40.6 Å². The van der Waals surface area contributed by atoms with Crippen LogP contribution >= 0.6 is 22.9 Å². The van der Waals surface area contributed by atoms with Crippen LogP contribution in [0.1, 0.15) is 0 Å². The van der Waals surface area contributed by atoms with E-state index in [9.17, 15) is 9.59 Å². The molecule has 8 nitrogen and oxygen atoms in total. The number of halogens is 1. The number of nitrogens with zero attached hydrogens (tertiary/aromatic N) is 3. The Morgan fingerprint density at radius 3 is 2.94 bits per heavy atom. The van der Waals surface area contributed by atoms with Crippen LogP contribution in [-0.4, -0.2) is 54.3 Å². The molecule has 0 atom stereocenters. The zero-order chi connectivity index (χ0) is 13.3. The van der Waals surface area contributed by atoms with Gasteiger partial charge in [0.25, 0.3) is 5.91 Å². The third kappa shape index (κ3) is 2.09. The van der Waals surface area contributed by atoms with Gasteiger partial charge in [-0.2, -0.15) is 0 Å². The van der Waals surface area contributed by atoms with Crippen molar-refractivity contribution in [2.75, 3.05) is 26.7 Å². The second-order valence-corrected chi connectivity index (χ2v) is 4.37. The molecule has 4 N–H and O–H groups in total. The Morgan fingerprint density at radius 1 is 1.61 bits per heavy atom. The summed E-state index contributed by atoms with van der Waals surface area (Å²) in [4.78, 5) is 30.6. The monoisotopic (exact) mass is 364 g/mol. The average Bonchev–Trinajstić information content (AvgIpc) is 2.80. The summed E-state index contributed by atoms with van der Waals surface area (Å²) in [6, 6.07) is 0. The number of fused-ring (bicyclic) bond motifs is 1. The minimum absolute atomic E-state index is 0.0863. The lowest BCUT2D eigenvalue weighted by Crippen LogP contribution is -2.53. The largest absolute Gasteiger partial charge is 0.369 e. The SMILES string of the molecule is CN1C(=O)C(NCC(N)=O)=C(NI)N2CCN=C12. The van der Waals surface area contributed by atoms with E-state index in [1.54, 1.807) is 7.05 Å². The molecule has 0 saturated heterocycles. The van der Waals surface area contributed by atoms with Crippen molar-refractivity contribution in [3.63, 3.8) is 0 Å². The quantitative estimate of drug-likeness (QED) is 0.408. The molecule has 0 aromatic heterocycles. The third-order valence-corrected chi connectivity index (χ3v) is 3.18. The molecule has 9 heteroatoms. The van der Waals surface area contributed by atoms with Crippen LogP contribution in [0.15, 0.2) is 16.5 Å². The molecule has 0 saturated carbocycles. The number of hydrogen-bond acceptors (Lipinski definition) is 6. The van der Waals surface area contributed by atoms with E-state index in [0.29, 0.717) is 30.6 Å². The van der Waals surface area contributed by atoms with E-state index in [2.05, 4.69) is 13.8 Å². The minimum atomic E-state index is -0.522. The van der Waals surface area contributed by atoms with Gasteiger partial charge in [-0.15, -0.1) is 0 Å². The normalized spacial score (nSPS) is 18.8. The maximum absolute atomic E-state index is 12.2. The molecule has 0 spiro atoms.